The van der Waals surface area contributed by atoms with E-state index in [-0.39, 0.29) is 4.90 Å². The third-order valence-electron chi connectivity index (χ3n) is 3.74. The maximum absolute atomic E-state index is 12.6. The summed E-state index contributed by atoms with van der Waals surface area (Å²) in [4.78, 5) is 0.159. The molecule has 6 heteroatoms. The number of pyridine rings is 1. The second-order valence-electron chi connectivity index (χ2n) is 5.48. The fourth-order valence-corrected chi connectivity index (χ4v) is 3.61. The van der Waals surface area contributed by atoms with E-state index in [0.717, 1.165) is 17.7 Å². The predicted octanol–water partition coefficient (Wildman–Crippen LogP) is 3.98. The van der Waals surface area contributed by atoms with Crippen LogP contribution >= 0.6 is 11.6 Å². The molecule has 2 aromatic carbocycles. The van der Waals surface area contributed by atoms with Gasteiger partial charge < -0.3 is 4.57 Å². The molecule has 0 fully saturated rings. The molecule has 0 aliphatic rings. The molecule has 3 aromatic rings. The summed E-state index contributed by atoms with van der Waals surface area (Å²) in [5.74, 6) is 0. The quantitative estimate of drug-likeness (QED) is 0.695. The molecule has 0 N–H and O–H groups in total. The molecule has 0 saturated heterocycles. The van der Waals surface area contributed by atoms with Crippen molar-refractivity contribution >= 4 is 21.6 Å². The van der Waals surface area contributed by atoms with E-state index in [4.69, 9.17) is 11.6 Å². The molecule has 128 valence electrons. The highest BCUT2D eigenvalue weighted by Crippen LogP contribution is 2.15. The van der Waals surface area contributed by atoms with Crippen molar-refractivity contribution < 1.29 is 8.42 Å². The summed E-state index contributed by atoms with van der Waals surface area (Å²) in [6, 6.07) is 19.0. The molecular formula is C19H17ClN2O2S. The van der Waals surface area contributed by atoms with Gasteiger partial charge in [-0.15, -0.1) is 4.40 Å². The molecule has 25 heavy (non-hydrogen) atoms. The summed E-state index contributed by atoms with van der Waals surface area (Å²) in [5, 5.41) is 0.573. The number of aryl methyl sites for hydroxylation is 1. The molecule has 3 rings (SSSR count). The first-order chi connectivity index (χ1) is 12.0. The van der Waals surface area contributed by atoms with Crippen LogP contribution in [0.3, 0.4) is 0 Å². The van der Waals surface area contributed by atoms with E-state index in [1.54, 1.807) is 41.0 Å². The lowest BCUT2D eigenvalue weighted by Gasteiger charge is -2.10. The Morgan fingerprint density at radius 3 is 2.44 bits per heavy atom. The first kappa shape index (κ1) is 17.5. The van der Waals surface area contributed by atoms with Crippen LogP contribution in [-0.4, -0.2) is 13.0 Å². The number of sulfonamides is 1. The first-order valence-corrected chi connectivity index (χ1v) is 9.65. The molecule has 0 aliphatic carbocycles. The van der Waals surface area contributed by atoms with Gasteiger partial charge in [0.1, 0.15) is 0 Å². The van der Waals surface area contributed by atoms with Crippen molar-refractivity contribution in [2.75, 3.05) is 0 Å². The zero-order chi connectivity index (χ0) is 17.9. The van der Waals surface area contributed by atoms with Crippen LogP contribution in [0.4, 0.5) is 0 Å². The van der Waals surface area contributed by atoms with Crippen LogP contribution in [0.5, 0.6) is 0 Å². The van der Waals surface area contributed by atoms with Crippen LogP contribution in [0.2, 0.25) is 5.02 Å². The van der Waals surface area contributed by atoms with E-state index < -0.39 is 10.0 Å². The summed E-state index contributed by atoms with van der Waals surface area (Å²) in [6.07, 6.45) is 2.71. The second-order valence-corrected chi connectivity index (χ2v) is 7.52. The Hall–Kier alpha value is -2.37. The molecular weight excluding hydrogens is 356 g/mol. The van der Waals surface area contributed by atoms with Gasteiger partial charge in [0.25, 0.3) is 10.0 Å². The minimum absolute atomic E-state index is 0.159. The molecule has 4 nitrogen and oxygen atoms in total. The normalized spacial score (nSPS) is 12.3. The van der Waals surface area contributed by atoms with Crippen LogP contribution in [0.15, 0.2) is 82.2 Å². The maximum Gasteiger partial charge on any atom is 0.284 e. The van der Waals surface area contributed by atoms with Crippen LogP contribution < -0.4 is 5.49 Å². The van der Waals surface area contributed by atoms with Crippen molar-refractivity contribution in [1.29, 1.82) is 0 Å². The summed E-state index contributed by atoms with van der Waals surface area (Å²) in [5.41, 5.74) is 2.14. The van der Waals surface area contributed by atoms with E-state index >= 15 is 0 Å². The Balaban J connectivity index is 2.23. The monoisotopic (exact) mass is 372 g/mol. The molecule has 0 aliphatic heterocycles. The van der Waals surface area contributed by atoms with Gasteiger partial charge in [-0.1, -0.05) is 48.9 Å². The van der Waals surface area contributed by atoms with Crippen molar-refractivity contribution in [2.24, 2.45) is 4.40 Å². The van der Waals surface area contributed by atoms with E-state index in [9.17, 15) is 8.42 Å². The Morgan fingerprint density at radius 1 is 1.00 bits per heavy atom. The van der Waals surface area contributed by atoms with Gasteiger partial charge in [-0.3, -0.25) is 0 Å². The molecule has 0 unspecified atom stereocenters. The molecule has 0 atom stereocenters. The molecule has 0 saturated carbocycles. The van der Waals surface area contributed by atoms with Crippen molar-refractivity contribution in [3.8, 4) is 5.69 Å². The lowest BCUT2D eigenvalue weighted by atomic mass is 10.2. The van der Waals surface area contributed by atoms with E-state index in [2.05, 4.69) is 4.40 Å². The van der Waals surface area contributed by atoms with Gasteiger partial charge in [-0.05, 0) is 48.4 Å². The molecule has 1 aromatic heterocycles. The number of hydrogen-bond donors (Lipinski definition) is 0. The summed E-state index contributed by atoms with van der Waals surface area (Å²) in [6.45, 7) is 2.04. The Labute approximate surface area is 152 Å². The number of aromatic nitrogens is 1. The first-order valence-electron chi connectivity index (χ1n) is 7.83. The smallest absolute Gasteiger partial charge is 0.284 e. The van der Waals surface area contributed by atoms with Crippen LogP contribution in [0, 0.1) is 0 Å². The molecule has 0 bridgehead atoms. The highest BCUT2D eigenvalue weighted by atomic mass is 35.5. The third kappa shape index (κ3) is 4.00. The standard InChI is InChI=1S/C19H17ClN2O2S/c1-2-15-11-12-19(21-25(23,24)18-9-4-3-5-10-18)22(14-15)17-8-6-7-16(20)13-17/h3-14H,2H2,1H3/b21-19+. The molecule has 0 radical (unpaired) electrons. The average molecular weight is 373 g/mol. The Morgan fingerprint density at radius 2 is 1.76 bits per heavy atom. The highest BCUT2D eigenvalue weighted by Gasteiger charge is 2.12. The van der Waals surface area contributed by atoms with Crippen molar-refractivity contribution in [1.82, 2.24) is 4.57 Å². The number of benzene rings is 2. The second kappa shape index (κ2) is 7.25. The van der Waals surface area contributed by atoms with Crippen molar-refractivity contribution in [3.63, 3.8) is 0 Å². The number of hydrogen-bond acceptors (Lipinski definition) is 2. The molecule has 1 heterocycles. The van der Waals surface area contributed by atoms with Gasteiger partial charge in [-0.2, -0.15) is 8.42 Å². The summed E-state index contributed by atoms with van der Waals surface area (Å²) in [7, 11) is -3.80. The largest absolute Gasteiger partial charge is 0.301 e. The molecule has 0 spiro atoms. The Kier molecular flexibility index (Phi) is 5.06. The number of nitrogens with zero attached hydrogens (tertiary/aromatic N) is 2. The third-order valence-corrected chi connectivity index (χ3v) is 5.27. The lowest BCUT2D eigenvalue weighted by Crippen LogP contribution is -2.21. The zero-order valence-electron chi connectivity index (χ0n) is 13.6. The minimum Gasteiger partial charge on any atom is -0.301 e. The zero-order valence-corrected chi connectivity index (χ0v) is 15.2. The van der Waals surface area contributed by atoms with E-state index in [1.807, 2.05) is 31.3 Å². The number of halogens is 1. The fraction of sp³-hybridized carbons (Fsp3) is 0.105. The predicted molar refractivity (Wildman–Crippen MR) is 99.3 cm³/mol. The van der Waals surface area contributed by atoms with Crippen molar-refractivity contribution in [2.45, 2.75) is 18.2 Å². The lowest BCUT2D eigenvalue weighted by molar-refractivity contribution is 0.596. The SMILES string of the molecule is CCc1cc/c(=N\S(=O)(=O)c2ccccc2)n(-c2cccc(Cl)c2)c1. The minimum atomic E-state index is -3.80. The molecule has 0 amide bonds. The Bertz CT molecular complexity index is 1060. The van der Waals surface area contributed by atoms with Crippen LogP contribution in [0.25, 0.3) is 5.69 Å². The van der Waals surface area contributed by atoms with E-state index in [0.29, 0.717) is 10.5 Å². The van der Waals surface area contributed by atoms with Crippen LogP contribution in [0.1, 0.15) is 12.5 Å². The van der Waals surface area contributed by atoms with Crippen LogP contribution in [-0.2, 0) is 16.4 Å². The van der Waals surface area contributed by atoms with Gasteiger partial charge in [0, 0.05) is 16.9 Å². The van der Waals surface area contributed by atoms with Gasteiger partial charge in [0.05, 0.1) is 4.90 Å². The van der Waals surface area contributed by atoms with E-state index in [1.165, 1.54) is 12.1 Å². The summed E-state index contributed by atoms with van der Waals surface area (Å²) >= 11 is 6.09. The highest BCUT2D eigenvalue weighted by molar-refractivity contribution is 7.90. The maximum atomic E-state index is 12.6. The topological polar surface area (TPSA) is 51.4 Å². The summed E-state index contributed by atoms with van der Waals surface area (Å²) < 4.78 is 31.0. The number of rotatable bonds is 4. The van der Waals surface area contributed by atoms with Gasteiger partial charge in [0.2, 0.25) is 0 Å². The average Bonchev–Trinajstić information content (AvgIpc) is 2.62. The van der Waals surface area contributed by atoms with Gasteiger partial charge in [0.15, 0.2) is 5.49 Å². The van der Waals surface area contributed by atoms with Gasteiger partial charge in [-0.25, -0.2) is 0 Å². The van der Waals surface area contributed by atoms with Gasteiger partial charge >= 0.3 is 0 Å². The fourth-order valence-electron chi connectivity index (χ4n) is 2.42. The van der Waals surface area contributed by atoms with Crippen molar-refractivity contribution in [3.05, 3.63) is 89.0 Å².